The van der Waals surface area contributed by atoms with Gasteiger partial charge in [0.1, 0.15) is 22.5 Å². The van der Waals surface area contributed by atoms with E-state index in [0.29, 0.717) is 24.3 Å². The minimum Gasteiger partial charge on any atom is -0.450 e. The Morgan fingerprint density at radius 3 is 2.56 bits per heavy atom. The summed E-state index contributed by atoms with van der Waals surface area (Å²) in [6, 6.07) is 6.52. The fourth-order valence-electron chi connectivity index (χ4n) is 3.17. The Kier molecular flexibility index (Phi) is 7.68. The van der Waals surface area contributed by atoms with E-state index in [0.717, 1.165) is 28.2 Å². The number of rotatable bonds is 9. The van der Waals surface area contributed by atoms with Crippen molar-refractivity contribution in [2.24, 2.45) is 5.73 Å². The molecule has 0 unspecified atom stereocenters. The molecular formula is C22H24F2N4O3S. The van der Waals surface area contributed by atoms with Crippen LogP contribution >= 0.6 is 11.8 Å². The topological polar surface area (TPSA) is 103 Å². The lowest BCUT2D eigenvalue weighted by Crippen LogP contribution is -2.15. The first kappa shape index (κ1) is 23.5. The molecule has 2 heterocycles. The summed E-state index contributed by atoms with van der Waals surface area (Å²) in [6.45, 7) is 4.52. The number of carbonyl (C=O) groups is 1. The number of pyridine rings is 1. The van der Waals surface area contributed by atoms with Gasteiger partial charge in [-0.15, -0.1) is 0 Å². The minimum absolute atomic E-state index is 0.0494. The zero-order valence-electron chi connectivity index (χ0n) is 17.7. The van der Waals surface area contributed by atoms with Crippen LogP contribution in [-0.4, -0.2) is 27.2 Å². The number of benzene rings is 1. The smallest absolute Gasteiger partial charge is 0.404 e. The van der Waals surface area contributed by atoms with Crippen molar-refractivity contribution in [3.8, 4) is 0 Å². The maximum absolute atomic E-state index is 13.8. The van der Waals surface area contributed by atoms with E-state index in [1.165, 1.54) is 30.0 Å². The summed E-state index contributed by atoms with van der Waals surface area (Å²) < 4.78 is 34.4. The summed E-state index contributed by atoms with van der Waals surface area (Å²) in [5, 5.41) is 0.752. The van der Waals surface area contributed by atoms with Crippen molar-refractivity contribution >= 4 is 17.9 Å². The zero-order valence-corrected chi connectivity index (χ0v) is 18.5. The second-order valence-electron chi connectivity index (χ2n) is 7.50. The number of hydrogen-bond donors (Lipinski definition) is 2. The van der Waals surface area contributed by atoms with Gasteiger partial charge in [-0.1, -0.05) is 31.7 Å². The Balaban J connectivity index is 2.01. The van der Waals surface area contributed by atoms with Crippen LogP contribution in [0.1, 0.15) is 43.3 Å². The van der Waals surface area contributed by atoms with Crippen LogP contribution in [0.3, 0.4) is 0 Å². The number of primary amides is 1. The van der Waals surface area contributed by atoms with Crippen molar-refractivity contribution in [2.75, 3.05) is 6.61 Å². The van der Waals surface area contributed by atoms with E-state index >= 15 is 0 Å². The summed E-state index contributed by atoms with van der Waals surface area (Å²) in [7, 11) is 0. The molecule has 0 aliphatic carbocycles. The average molecular weight is 463 g/mol. The van der Waals surface area contributed by atoms with Gasteiger partial charge in [-0.3, -0.25) is 4.79 Å². The molecule has 0 aliphatic heterocycles. The van der Waals surface area contributed by atoms with Crippen molar-refractivity contribution < 1.29 is 18.3 Å². The summed E-state index contributed by atoms with van der Waals surface area (Å²) in [6.07, 6.45) is 1.78. The number of aryl methyl sites for hydroxylation is 1. The first-order valence-corrected chi connectivity index (χ1v) is 10.9. The summed E-state index contributed by atoms with van der Waals surface area (Å²) in [5.41, 5.74) is 6.43. The van der Waals surface area contributed by atoms with Gasteiger partial charge in [0, 0.05) is 29.6 Å². The highest BCUT2D eigenvalue weighted by Gasteiger charge is 2.21. The highest BCUT2D eigenvalue weighted by atomic mass is 32.2. The SMILES string of the molecule is CC(C)c1nc(CCCOC(N)=O)n(Cc2ccc(=O)[nH]c2)c1Sc1cc(F)cc(F)c1. The number of nitrogens with two attached hydrogens (primary N) is 1. The second-order valence-corrected chi connectivity index (χ2v) is 8.56. The lowest BCUT2D eigenvalue weighted by Gasteiger charge is -2.14. The van der Waals surface area contributed by atoms with Crippen LogP contribution in [0.2, 0.25) is 0 Å². The monoisotopic (exact) mass is 462 g/mol. The van der Waals surface area contributed by atoms with Gasteiger partial charge in [-0.2, -0.15) is 0 Å². The molecule has 2 aromatic heterocycles. The Bertz CT molecular complexity index is 1120. The summed E-state index contributed by atoms with van der Waals surface area (Å²) in [5.74, 6) is -0.538. The maximum Gasteiger partial charge on any atom is 0.404 e. The number of aromatic amines is 1. The lowest BCUT2D eigenvalue weighted by atomic mass is 10.1. The molecular weight excluding hydrogens is 438 g/mol. The van der Waals surface area contributed by atoms with Gasteiger partial charge in [-0.25, -0.2) is 18.6 Å². The van der Waals surface area contributed by atoms with Crippen molar-refractivity contribution in [3.05, 3.63) is 75.6 Å². The van der Waals surface area contributed by atoms with Gasteiger partial charge in [0.15, 0.2) is 0 Å². The number of aromatic nitrogens is 3. The molecule has 3 aromatic rings. The third kappa shape index (κ3) is 6.19. The number of nitrogens with zero attached hydrogens (tertiary/aromatic N) is 2. The summed E-state index contributed by atoms with van der Waals surface area (Å²) in [4.78, 5) is 30.1. The third-order valence-corrected chi connectivity index (χ3v) is 5.70. The van der Waals surface area contributed by atoms with E-state index in [1.807, 2.05) is 18.4 Å². The van der Waals surface area contributed by atoms with Gasteiger partial charge in [-0.05, 0) is 30.0 Å². The number of amides is 1. The molecule has 170 valence electrons. The van der Waals surface area contributed by atoms with Gasteiger partial charge in [0.25, 0.3) is 0 Å². The number of halogens is 2. The average Bonchev–Trinajstić information content (AvgIpc) is 3.03. The molecule has 0 aliphatic rings. The quantitative estimate of drug-likeness (QED) is 0.464. The van der Waals surface area contributed by atoms with E-state index in [1.54, 1.807) is 12.3 Å². The number of hydrogen-bond acceptors (Lipinski definition) is 5. The normalized spacial score (nSPS) is 11.2. The number of imidazole rings is 1. The van der Waals surface area contributed by atoms with Crippen molar-refractivity contribution in [3.63, 3.8) is 0 Å². The van der Waals surface area contributed by atoms with Gasteiger partial charge in [0.2, 0.25) is 5.56 Å². The van der Waals surface area contributed by atoms with E-state index in [2.05, 4.69) is 4.98 Å². The predicted molar refractivity (Wildman–Crippen MR) is 117 cm³/mol. The van der Waals surface area contributed by atoms with Crippen molar-refractivity contribution in [1.82, 2.24) is 14.5 Å². The van der Waals surface area contributed by atoms with E-state index < -0.39 is 17.7 Å². The van der Waals surface area contributed by atoms with Crippen LogP contribution in [0.4, 0.5) is 13.6 Å². The number of H-pyrrole nitrogens is 1. The first-order valence-electron chi connectivity index (χ1n) is 10.1. The van der Waals surface area contributed by atoms with Crippen LogP contribution in [0.15, 0.2) is 51.2 Å². The second kappa shape index (κ2) is 10.4. The fourth-order valence-corrected chi connectivity index (χ4v) is 4.40. The molecule has 0 fully saturated rings. The molecule has 3 rings (SSSR count). The standard InChI is InChI=1S/C22H24F2N4O3S/c1-13(2)20-21(32-17-9-15(23)8-16(24)10-17)28(12-14-5-6-19(29)26-11-14)18(27-20)4-3-7-31-22(25)30/h5-6,8-11,13H,3-4,7,12H2,1-2H3,(H2,25,30)(H,26,29). The largest absolute Gasteiger partial charge is 0.450 e. The highest BCUT2D eigenvalue weighted by Crippen LogP contribution is 2.36. The molecule has 3 N–H and O–H groups in total. The van der Waals surface area contributed by atoms with E-state index in [-0.39, 0.29) is 18.1 Å². The Morgan fingerprint density at radius 2 is 1.97 bits per heavy atom. The van der Waals surface area contributed by atoms with E-state index in [4.69, 9.17) is 15.5 Å². The van der Waals surface area contributed by atoms with Crippen LogP contribution in [0.5, 0.6) is 0 Å². The molecule has 32 heavy (non-hydrogen) atoms. The molecule has 1 aromatic carbocycles. The van der Waals surface area contributed by atoms with Crippen LogP contribution < -0.4 is 11.3 Å². The fraction of sp³-hybridized carbons (Fsp3) is 0.318. The Morgan fingerprint density at radius 1 is 1.25 bits per heavy atom. The molecule has 10 heteroatoms. The van der Waals surface area contributed by atoms with Gasteiger partial charge >= 0.3 is 6.09 Å². The van der Waals surface area contributed by atoms with E-state index in [9.17, 15) is 18.4 Å². The number of ether oxygens (including phenoxy) is 1. The van der Waals surface area contributed by atoms with Gasteiger partial charge in [0.05, 0.1) is 18.8 Å². The van der Waals surface area contributed by atoms with Crippen molar-refractivity contribution in [2.45, 2.75) is 49.1 Å². The molecule has 0 spiro atoms. The summed E-state index contributed by atoms with van der Waals surface area (Å²) >= 11 is 1.23. The van der Waals surface area contributed by atoms with Crippen LogP contribution in [0, 0.1) is 11.6 Å². The molecule has 0 atom stereocenters. The molecule has 1 amide bonds. The third-order valence-electron chi connectivity index (χ3n) is 4.60. The Labute approximate surface area is 188 Å². The molecule has 7 nitrogen and oxygen atoms in total. The molecule has 0 bridgehead atoms. The molecule has 0 saturated heterocycles. The Hall–Kier alpha value is -3.14. The first-order chi connectivity index (χ1) is 15.2. The predicted octanol–water partition coefficient (Wildman–Crippen LogP) is 4.20. The number of carbonyl (C=O) groups excluding carboxylic acids is 1. The lowest BCUT2D eigenvalue weighted by molar-refractivity contribution is 0.155. The van der Waals surface area contributed by atoms with Crippen LogP contribution in [0.25, 0.3) is 0 Å². The van der Waals surface area contributed by atoms with Crippen LogP contribution in [-0.2, 0) is 17.7 Å². The van der Waals surface area contributed by atoms with Crippen molar-refractivity contribution in [1.29, 1.82) is 0 Å². The highest BCUT2D eigenvalue weighted by molar-refractivity contribution is 7.99. The molecule has 0 radical (unpaired) electrons. The van der Waals surface area contributed by atoms with Gasteiger partial charge < -0.3 is 20.0 Å². The zero-order chi connectivity index (χ0) is 23.3. The number of nitrogens with one attached hydrogen (secondary N) is 1. The minimum atomic E-state index is -0.839. The maximum atomic E-state index is 13.8. The molecule has 0 saturated carbocycles.